The van der Waals surface area contributed by atoms with Gasteiger partial charge in [-0.05, 0) is 38.4 Å². The SMILES string of the molecule is Cc1cc(=O)oc2cc(OCCOCCN3CCC(C(=O)Nc4ncc(SCc5ncc(C(C)(C)C)o5)s4)CC3)cc(O)c12. The number of aromatic nitrogens is 2. The highest BCUT2D eigenvalue weighted by atomic mass is 32.2. The van der Waals surface area contributed by atoms with Crippen LogP contribution < -0.4 is 15.7 Å². The number of aromatic hydroxyl groups is 1. The zero-order valence-electron chi connectivity index (χ0n) is 25.4. The molecule has 1 aliphatic heterocycles. The third-order valence-corrected chi connectivity index (χ3v) is 9.44. The fourth-order valence-electron chi connectivity index (χ4n) is 4.90. The highest BCUT2D eigenvalue weighted by molar-refractivity contribution is 8.00. The van der Waals surface area contributed by atoms with Crippen LogP contribution in [0.4, 0.5) is 5.13 Å². The number of piperidine rings is 1. The molecule has 0 saturated carbocycles. The summed E-state index contributed by atoms with van der Waals surface area (Å²) in [6.07, 6.45) is 5.12. The van der Waals surface area contributed by atoms with Gasteiger partial charge in [-0.1, -0.05) is 32.1 Å². The number of phenolic OH excluding ortho intramolecular Hbond substituents is 1. The van der Waals surface area contributed by atoms with E-state index < -0.39 is 5.63 Å². The van der Waals surface area contributed by atoms with E-state index in [0.717, 1.165) is 42.4 Å². The van der Waals surface area contributed by atoms with Crippen molar-refractivity contribution in [1.82, 2.24) is 14.9 Å². The molecular weight excluding hydrogens is 604 g/mol. The smallest absolute Gasteiger partial charge is 0.336 e. The lowest BCUT2D eigenvalue weighted by Gasteiger charge is -2.30. The zero-order valence-corrected chi connectivity index (χ0v) is 27.0. The standard InChI is InChI=1S/C31H38N4O7S2/c1-19-13-26(37)41-23-15-21(14-22(36)28(19)23)40-12-11-39-10-9-35-7-5-20(6-8-35)29(38)34-30-33-17-27(44-30)43-18-25-32-16-24(42-25)31(2,3)4/h13-17,20,36H,5-12,18H2,1-4H3,(H,33,34,38). The molecule has 13 heteroatoms. The van der Waals surface area contributed by atoms with Crippen LogP contribution in [0.15, 0.2) is 48.4 Å². The Morgan fingerprint density at radius 1 is 1.14 bits per heavy atom. The Morgan fingerprint density at radius 2 is 1.93 bits per heavy atom. The quantitative estimate of drug-likeness (QED) is 0.114. The first-order valence-electron chi connectivity index (χ1n) is 14.6. The molecule has 1 amide bonds. The monoisotopic (exact) mass is 642 g/mol. The summed E-state index contributed by atoms with van der Waals surface area (Å²) in [5.74, 6) is 2.52. The van der Waals surface area contributed by atoms with E-state index in [1.165, 1.54) is 23.5 Å². The number of amides is 1. The number of carbonyl (C=O) groups excluding carboxylic acids is 1. The number of ether oxygens (including phenoxy) is 2. The number of likely N-dealkylation sites (tertiary alicyclic amines) is 1. The Morgan fingerprint density at radius 3 is 2.68 bits per heavy atom. The molecule has 236 valence electrons. The van der Waals surface area contributed by atoms with Crippen molar-refractivity contribution in [2.45, 2.75) is 55.9 Å². The van der Waals surface area contributed by atoms with Gasteiger partial charge in [-0.3, -0.25) is 4.79 Å². The van der Waals surface area contributed by atoms with Gasteiger partial charge >= 0.3 is 5.63 Å². The molecule has 0 radical (unpaired) electrons. The highest BCUT2D eigenvalue weighted by Gasteiger charge is 2.25. The van der Waals surface area contributed by atoms with Gasteiger partial charge in [-0.25, -0.2) is 14.8 Å². The van der Waals surface area contributed by atoms with E-state index in [4.69, 9.17) is 18.3 Å². The minimum atomic E-state index is -0.474. The molecule has 1 aromatic carbocycles. The lowest BCUT2D eigenvalue weighted by atomic mass is 9.94. The molecule has 1 saturated heterocycles. The number of thiazole rings is 1. The van der Waals surface area contributed by atoms with Gasteiger partial charge in [0.05, 0.1) is 41.0 Å². The second-order valence-electron chi connectivity index (χ2n) is 11.8. The maximum Gasteiger partial charge on any atom is 0.336 e. The number of aryl methyl sites for hydroxylation is 1. The summed E-state index contributed by atoms with van der Waals surface area (Å²) in [6, 6.07) is 4.44. The van der Waals surface area contributed by atoms with Crippen molar-refractivity contribution >= 4 is 45.1 Å². The number of benzene rings is 1. The van der Waals surface area contributed by atoms with E-state index in [-0.39, 0.29) is 35.2 Å². The fourth-order valence-corrected chi connectivity index (χ4v) is 6.63. The Hall–Kier alpha value is -3.39. The first-order chi connectivity index (χ1) is 21.0. The van der Waals surface area contributed by atoms with Crippen LogP contribution in [0.3, 0.4) is 0 Å². The third kappa shape index (κ3) is 8.40. The van der Waals surface area contributed by atoms with Crippen molar-refractivity contribution in [1.29, 1.82) is 0 Å². The Kier molecular flexibility index (Phi) is 10.3. The summed E-state index contributed by atoms with van der Waals surface area (Å²) >= 11 is 3.05. The number of nitrogens with one attached hydrogen (secondary N) is 1. The largest absolute Gasteiger partial charge is 0.507 e. The average molecular weight is 643 g/mol. The van der Waals surface area contributed by atoms with Gasteiger partial charge in [0.15, 0.2) is 5.13 Å². The highest BCUT2D eigenvalue weighted by Crippen LogP contribution is 2.33. The van der Waals surface area contributed by atoms with Crippen molar-refractivity contribution in [2.75, 3.05) is 44.8 Å². The predicted octanol–water partition coefficient (Wildman–Crippen LogP) is 5.59. The summed E-state index contributed by atoms with van der Waals surface area (Å²) in [4.78, 5) is 35.6. The normalized spacial score (nSPS) is 14.7. The van der Waals surface area contributed by atoms with Crippen LogP contribution in [-0.2, 0) is 20.7 Å². The van der Waals surface area contributed by atoms with E-state index in [1.54, 1.807) is 37.1 Å². The van der Waals surface area contributed by atoms with Gasteiger partial charge in [0.25, 0.3) is 0 Å². The number of rotatable bonds is 12. The second-order valence-corrected chi connectivity index (χ2v) is 14.1. The number of anilines is 1. The number of carbonyl (C=O) groups is 1. The van der Waals surface area contributed by atoms with Crippen LogP contribution in [0.25, 0.3) is 11.0 Å². The van der Waals surface area contributed by atoms with Crippen molar-refractivity contribution in [3.05, 3.63) is 58.2 Å². The topological polar surface area (TPSA) is 140 Å². The fraction of sp³-hybridized carbons (Fsp3) is 0.484. The molecule has 1 aliphatic rings. The molecule has 1 fully saturated rings. The van der Waals surface area contributed by atoms with Gasteiger partial charge in [0, 0.05) is 36.1 Å². The summed E-state index contributed by atoms with van der Waals surface area (Å²) in [6.45, 7) is 11.6. The van der Waals surface area contributed by atoms with E-state index in [0.29, 0.717) is 46.7 Å². The van der Waals surface area contributed by atoms with Crippen LogP contribution in [0.5, 0.6) is 11.5 Å². The Bertz CT molecular complexity index is 1630. The van der Waals surface area contributed by atoms with Crippen molar-refractivity contribution < 1.29 is 28.2 Å². The van der Waals surface area contributed by atoms with E-state index in [9.17, 15) is 14.7 Å². The van der Waals surface area contributed by atoms with Crippen LogP contribution in [-0.4, -0.2) is 65.3 Å². The summed E-state index contributed by atoms with van der Waals surface area (Å²) < 4.78 is 23.5. The van der Waals surface area contributed by atoms with Gasteiger partial charge in [0.1, 0.15) is 29.4 Å². The van der Waals surface area contributed by atoms with Crippen LogP contribution in [0.2, 0.25) is 0 Å². The minimum Gasteiger partial charge on any atom is -0.507 e. The van der Waals surface area contributed by atoms with Gasteiger partial charge in [-0.15, -0.1) is 11.8 Å². The second kappa shape index (κ2) is 14.1. The zero-order chi connectivity index (χ0) is 31.3. The molecule has 0 spiro atoms. The molecule has 5 rings (SSSR count). The molecule has 11 nitrogen and oxygen atoms in total. The van der Waals surface area contributed by atoms with E-state index >= 15 is 0 Å². The maximum absolute atomic E-state index is 12.9. The Balaban J connectivity index is 0.962. The lowest BCUT2D eigenvalue weighted by Crippen LogP contribution is -2.39. The van der Waals surface area contributed by atoms with Crippen molar-refractivity contribution in [3.8, 4) is 11.5 Å². The molecule has 0 unspecified atom stereocenters. The number of fused-ring (bicyclic) bond motifs is 1. The van der Waals surface area contributed by atoms with Gasteiger partial charge in [-0.2, -0.15) is 0 Å². The first-order valence-corrected chi connectivity index (χ1v) is 16.4. The average Bonchev–Trinajstić information content (AvgIpc) is 3.63. The summed E-state index contributed by atoms with van der Waals surface area (Å²) in [5.41, 5.74) is 0.378. The molecule has 3 aromatic heterocycles. The van der Waals surface area contributed by atoms with E-state index in [2.05, 4.69) is 41.0 Å². The molecule has 2 N–H and O–H groups in total. The Labute approximate surface area is 264 Å². The van der Waals surface area contributed by atoms with Gasteiger partial charge < -0.3 is 33.6 Å². The minimum absolute atomic E-state index is 0.000716. The van der Waals surface area contributed by atoms with Crippen molar-refractivity contribution in [3.63, 3.8) is 0 Å². The van der Waals surface area contributed by atoms with Crippen LogP contribution >= 0.6 is 23.1 Å². The molecule has 44 heavy (non-hydrogen) atoms. The summed E-state index contributed by atoms with van der Waals surface area (Å²) in [5, 5.41) is 14.4. The number of hydrogen-bond donors (Lipinski definition) is 2. The summed E-state index contributed by atoms with van der Waals surface area (Å²) in [7, 11) is 0. The number of thioether (sulfide) groups is 1. The molecule has 0 bridgehead atoms. The number of nitrogens with zero attached hydrogens (tertiary/aromatic N) is 3. The molecule has 0 aliphatic carbocycles. The number of oxazole rings is 1. The maximum atomic E-state index is 12.9. The van der Waals surface area contributed by atoms with Crippen LogP contribution in [0, 0.1) is 12.8 Å². The number of phenols is 1. The molecule has 0 atom stereocenters. The van der Waals surface area contributed by atoms with Gasteiger partial charge in [0.2, 0.25) is 11.8 Å². The molecule has 4 heterocycles. The predicted molar refractivity (Wildman–Crippen MR) is 170 cm³/mol. The number of hydrogen-bond acceptors (Lipinski definition) is 12. The molecule has 4 aromatic rings. The van der Waals surface area contributed by atoms with Crippen LogP contribution in [0.1, 0.15) is 50.8 Å². The lowest BCUT2D eigenvalue weighted by molar-refractivity contribution is -0.121. The third-order valence-electron chi connectivity index (χ3n) is 7.35. The molecular formula is C31H38N4O7S2. The first kappa shape index (κ1) is 32.0. The van der Waals surface area contributed by atoms with Crippen molar-refractivity contribution in [2.24, 2.45) is 5.92 Å². The van der Waals surface area contributed by atoms with E-state index in [1.807, 2.05) is 0 Å².